The van der Waals surface area contributed by atoms with Gasteiger partial charge in [0, 0.05) is 24.4 Å². The summed E-state index contributed by atoms with van der Waals surface area (Å²) < 4.78 is 0. The number of aliphatic hydroxyl groups is 2. The third-order valence-corrected chi connectivity index (χ3v) is 7.45. The van der Waals surface area contributed by atoms with E-state index in [1.54, 1.807) is 0 Å². The smallest absolute Gasteiger partial charge is 0.237 e. The molecule has 41 heavy (non-hydrogen) atoms. The van der Waals surface area contributed by atoms with E-state index in [9.17, 15) is 19.8 Å². The number of amides is 2. The summed E-state index contributed by atoms with van der Waals surface area (Å²) in [5.41, 5.74) is 3.58. The first kappa shape index (κ1) is 30.4. The Kier molecular flexibility index (Phi) is 10.3. The molecule has 0 heterocycles. The van der Waals surface area contributed by atoms with Crippen LogP contribution in [0.25, 0.3) is 0 Å². The number of rotatable bonds is 12. The Hall–Kier alpha value is -3.52. The van der Waals surface area contributed by atoms with Crippen molar-refractivity contribution < 1.29 is 19.8 Å². The quantitative estimate of drug-likeness (QED) is 0.234. The predicted molar refractivity (Wildman–Crippen MR) is 161 cm³/mol. The molecule has 0 radical (unpaired) electrons. The van der Waals surface area contributed by atoms with Crippen LogP contribution in [0.1, 0.15) is 55.5 Å². The van der Waals surface area contributed by atoms with E-state index in [2.05, 4.69) is 16.0 Å². The average Bonchev–Trinajstić information content (AvgIpc) is 3.25. The summed E-state index contributed by atoms with van der Waals surface area (Å²) >= 11 is 0. The zero-order valence-electron chi connectivity index (χ0n) is 24.2. The van der Waals surface area contributed by atoms with Crippen LogP contribution in [0.4, 0.5) is 0 Å². The van der Waals surface area contributed by atoms with Crippen molar-refractivity contribution in [2.24, 2.45) is 5.92 Å². The summed E-state index contributed by atoms with van der Waals surface area (Å²) in [6, 6.07) is 26.2. The average molecular weight is 558 g/mol. The highest BCUT2D eigenvalue weighted by atomic mass is 16.3. The molecule has 5 N–H and O–H groups in total. The van der Waals surface area contributed by atoms with Crippen LogP contribution in [-0.4, -0.2) is 52.4 Å². The van der Waals surface area contributed by atoms with Crippen LogP contribution in [0.2, 0.25) is 0 Å². The maximum atomic E-state index is 13.6. The Balaban J connectivity index is 1.44. The highest BCUT2D eigenvalue weighted by molar-refractivity contribution is 5.82. The fraction of sp³-hybridized carbons (Fsp3) is 0.412. The maximum absolute atomic E-state index is 13.6. The number of benzene rings is 3. The number of hydrogen-bond acceptors (Lipinski definition) is 5. The van der Waals surface area contributed by atoms with Crippen LogP contribution >= 0.6 is 0 Å². The summed E-state index contributed by atoms with van der Waals surface area (Å²) in [7, 11) is 0. The second kappa shape index (κ2) is 13.9. The van der Waals surface area contributed by atoms with Crippen LogP contribution in [0, 0.1) is 5.92 Å². The van der Waals surface area contributed by atoms with Gasteiger partial charge in [-0.25, -0.2) is 0 Å². The maximum Gasteiger partial charge on any atom is 0.237 e. The van der Waals surface area contributed by atoms with Crippen molar-refractivity contribution in [3.8, 4) is 0 Å². The Morgan fingerprint density at radius 2 is 1.44 bits per heavy atom. The molecule has 0 aliphatic heterocycles. The van der Waals surface area contributed by atoms with Crippen molar-refractivity contribution in [1.82, 2.24) is 16.0 Å². The van der Waals surface area contributed by atoms with Crippen LogP contribution in [-0.2, 0) is 28.9 Å². The summed E-state index contributed by atoms with van der Waals surface area (Å²) in [6.45, 7) is 5.96. The summed E-state index contributed by atoms with van der Waals surface area (Å²) in [5.74, 6) is -0.869. The molecular formula is C34H43N3O4. The second-order valence-corrected chi connectivity index (χ2v) is 12.1. The minimum absolute atomic E-state index is 0.138. The molecule has 3 aromatic carbocycles. The van der Waals surface area contributed by atoms with Crippen molar-refractivity contribution in [3.05, 3.63) is 107 Å². The van der Waals surface area contributed by atoms with E-state index in [4.69, 9.17) is 0 Å². The molecule has 0 fully saturated rings. The van der Waals surface area contributed by atoms with Gasteiger partial charge in [0.1, 0.15) is 0 Å². The number of carbonyl (C=O) groups excluding carboxylic acids is 2. The number of aliphatic hydroxyl groups excluding tert-OH is 2. The topological polar surface area (TPSA) is 111 Å². The lowest BCUT2D eigenvalue weighted by atomic mass is 9.92. The van der Waals surface area contributed by atoms with E-state index >= 15 is 0 Å². The van der Waals surface area contributed by atoms with Crippen LogP contribution in [0.3, 0.4) is 0 Å². The second-order valence-electron chi connectivity index (χ2n) is 12.1. The first-order valence-electron chi connectivity index (χ1n) is 14.5. The van der Waals surface area contributed by atoms with Crippen molar-refractivity contribution >= 4 is 11.8 Å². The van der Waals surface area contributed by atoms with Gasteiger partial charge in [-0.15, -0.1) is 0 Å². The van der Waals surface area contributed by atoms with Gasteiger partial charge in [0.15, 0.2) is 0 Å². The molecule has 7 nitrogen and oxygen atoms in total. The molecular weight excluding hydrogens is 514 g/mol. The van der Waals surface area contributed by atoms with Crippen LogP contribution < -0.4 is 16.0 Å². The number of nitrogens with one attached hydrogen (secondary N) is 3. The Bertz CT molecular complexity index is 1280. The molecule has 0 saturated heterocycles. The van der Waals surface area contributed by atoms with Crippen molar-refractivity contribution in [2.75, 3.05) is 6.54 Å². The molecule has 2 amide bonds. The standard InChI is InChI=1S/C34H43N3O4/c1-34(2,3)37-33(41)29(19-24-14-8-5-9-15-24)35-22-27(38)20-26(18-23-12-6-4-7-13-23)32(40)36-31-28-17-11-10-16-25(28)21-30(31)39/h4-17,26-27,29-31,35,38-39H,18-22H2,1-3H3,(H,36,40)(H,37,41)/t26-,27+,29+,30-,31+/m1/s1. The first-order chi connectivity index (χ1) is 19.6. The number of fused-ring (bicyclic) bond motifs is 1. The minimum atomic E-state index is -0.865. The van der Waals surface area contributed by atoms with E-state index < -0.39 is 35.7 Å². The lowest BCUT2D eigenvalue weighted by Crippen LogP contribution is -2.53. The van der Waals surface area contributed by atoms with Gasteiger partial charge in [-0.3, -0.25) is 9.59 Å². The number of carbonyl (C=O) groups is 2. The SMILES string of the molecule is CC(C)(C)NC(=O)[C@H](Cc1ccccc1)NC[C@@H](O)C[C@@H](Cc1ccccc1)C(=O)N[C@H]1c2ccccc2C[C@H]1O. The molecule has 0 aromatic heterocycles. The first-order valence-corrected chi connectivity index (χ1v) is 14.5. The Labute approximate surface area is 243 Å². The summed E-state index contributed by atoms with van der Waals surface area (Å²) in [4.78, 5) is 26.7. The molecule has 1 aliphatic carbocycles. The van der Waals surface area contributed by atoms with Gasteiger partial charge >= 0.3 is 0 Å². The fourth-order valence-electron chi connectivity index (χ4n) is 5.45. The van der Waals surface area contributed by atoms with E-state index in [0.717, 1.165) is 22.3 Å². The molecule has 1 aliphatic rings. The largest absolute Gasteiger partial charge is 0.392 e. The lowest BCUT2D eigenvalue weighted by Gasteiger charge is -2.27. The molecule has 7 heteroatoms. The zero-order valence-corrected chi connectivity index (χ0v) is 24.2. The molecule has 0 bridgehead atoms. The molecule has 3 aromatic rings. The van der Waals surface area contributed by atoms with Gasteiger partial charge in [-0.2, -0.15) is 0 Å². The van der Waals surface area contributed by atoms with E-state index in [0.29, 0.717) is 19.3 Å². The monoisotopic (exact) mass is 557 g/mol. The van der Waals surface area contributed by atoms with Gasteiger partial charge in [-0.1, -0.05) is 84.9 Å². The predicted octanol–water partition coefficient (Wildman–Crippen LogP) is 3.49. The third kappa shape index (κ3) is 8.98. The van der Waals surface area contributed by atoms with Crippen molar-refractivity contribution in [3.63, 3.8) is 0 Å². The highest BCUT2D eigenvalue weighted by Crippen LogP contribution is 2.32. The molecule has 0 spiro atoms. The van der Waals surface area contributed by atoms with Gasteiger partial charge < -0.3 is 26.2 Å². The third-order valence-electron chi connectivity index (χ3n) is 7.45. The molecule has 0 saturated carbocycles. The number of hydrogen-bond donors (Lipinski definition) is 5. The normalized spacial score (nSPS) is 18.7. The van der Waals surface area contributed by atoms with E-state index in [-0.39, 0.29) is 24.8 Å². The van der Waals surface area contributed by atoms with Gasteiger partial charge in [0.05, 0.1) is 24.3 Å². The molecule has 0 unspecified atom stereocenters. The Morgan fingerprint density at radius 1 is 0.854 bits per heavy atom. The Morgan fingerprint density at radius 3 is 2.07 bits per heavy atom. The molecule has 4 rings (SSSR count). The van der Waals surface area contributed by atoms with Gasteiger partial charge in [0.25, 0.3) is 0 Å². The summed E-state index contributed by atoms with van der Waals surface area (Å²) in [5, 5.41) is 31.2. The van der Waals surface area contributed by atoms with E-state index in [1.165, 1.54) is 0 Å². The van der Waals surface area contributed by atoms with Crippen molar-refractivity contribution in [1.29, 1.82) is 0 Å². The van der Waals surface area contributed by atoms with Crippen LogP contribution in [0.15, 0.2) is 84.9 Å². The minimum Gasteiger partial charge on any atom is -0.392 e. The van der Waals surface area contributed by atoms with Crippen molar-refractivity contribution in [2.45, 2.75) is 76.3 Å². The van der Waals surface area contributed by atoms with E-state index in [1.807, 2.05) is 106 Å². The lowest BCUT2D eigenvalue weighted by molar-refractivity contribution is -0.128. The molecule has 5 atom stereocenters. The van der Waals surface area contributed by atoms with Gasteiger partial charge in [-0.05, 0) is 62.3 Å². The highest BCUT2D eigenvalue weighted by Gasteiger charge is 2.34. The van der Waals surface area contributed by atoms with Gasteiger partial charge in [0.2, 0.25) is 11.8 Å². The fourth-order valence-corrected chi connectivity index (χ4v) is 5.45. The molecule has 218 valence electrons. The summed E-state index contributed by atoms with van der Waals surface area (Å²) in [6.07, 6.45) is 0.0682. The van der Waals surface area contributed by atoms with Crippen LogP contribution in [0.5, 0.6) is 0 Å². The zero-order chi connectivity index (χ0) is 29.4.